The van der Waals surface area contributed by atoms with Gasteiger partial charge in [-0.15, -0.1) is 0 Å². The van der Waals surface area contributed by atoms with Gasteiger partial charge in [-0.05, 0) is 12.1 Å². The summed E-state index contributed by atoms with van der Waals surface area (Å²) in [6.45, 7) is 0.904. The van der Waals surface area contributed by atoms with Crippen LogP contribution >= 0.6 is 0 Å². The van der Waals surface area contributed by atoms with E-state index < -0.39 is 6.03 Å². The fraction of sp³-hybridized carbons (Fsp3) is 0.429. The molecule has 1 aliphatic carbocycles. The van der Waals surface area contributed by atoms with Crippen molar-refractivity contribution in [3.05, 3.63) is 35.6 Å². The number of quaternary nitrogens is 1. The topological polar surface area (TPSA) is 62.6 Å². The summed E-state index contributed by atoms with van der Waals surface area (Å²) in [5, 5.41) is 4.62. The van der Waals surface area contributed by atoms with Gasteiger partial charge in [-0.3, -0.25) is 10.1 Å². The summed E-state index contributed by atoms with van der Waals surface area (Å²) >= 11 is 0. The van der Waals surface area contributed by atoms with Crippen LogP contribution in [0.3, 0.4) is 0 Å². The quantitative estimate of drug-likeness (QED) is 0.701. The Morgan fingerprint density at radius 3 is 2.50 bits per heavy atom. The lowest BCUT2D eigenvalue weighted by Crippen LogP contribution is -3.13. The Morgan fingerprint density at radius 2 is 1.95 bits per heavy atom. The third-order valence-electron chi connectivity index (χ3n) is 3.37. The van der Waals surface area contributed by atoms with Crippen molar-refractivity contribution < 1.29 is 18.9 Å². The second-order valence-corrected chi connectivity index (χ2v) is 5.04. The van der Waals surface area contributed by atoms with Crippen LogP contribution in [0.15, 0.2) is 24.3 Å². The van der Waals surface area contributed by atoms with Crippen molar-refractivity contribution in [2.24, 2.45) is 0 Å². The molecule has 0 spiro atoms. The smallest absolute Gasteiger partial charge is 0.321 e. The predicted octanol–water partition coefficient (Wildman–Crippen LogP) is -0.171. The van der Waals surface area contributed by atoms with Crippen molar-refractivity contribution in [3.8, 4) is 0 Å². The van der Waals surface area contributed by atoms with Gasteiger partial charge in [0, 0.05) is 25.5 Å². The molecule has 1 atom stereocenters. The molecule has 3 N–H and O–H groups in total. The first-order chi connectivity index (χ1) is 9.58. The molecule has 2 rings (SSSR count). The summed E-state index contributed by atoms with van der Waals surface area (Å²) in [5.41, 5.74) is 0.987. The molecule has 1 saturated carbocycles. The van der Waals surface area contributed by atoms with Crippen molar-refractivity contribution >= 4 is 11.9 Å². The van der Waals surface area contributed by atoms with Crippen LogP contribution in [0, 0.1) is 5.82 Å². The highest BCUT2D eigenvalue weighted by Gasteiger charge is 2.34. The number of nitrogens with one attached hydrogen (secondary N) is 3. The molecule has 108 valence electrons. The van der Waals surface area contributed by atoms with E-state index in [1.807, 2.05) is 0 Å². The van der Waals surface area contributed by atoms with Crippen molar-refractivity contribution in [3.63, 3.8) is 0 Å². The second kappa shape index (κ2) is 6.47. The molecule has 0 aliphatic heterocycles. The SMILES string of the molecule is CNC(=O)NC(=O)C[NH+](Cc1ccc(F)cc1)C1CC1. The fourth-order valence-corrected chi connectivity index (χ4v) is 2.15. The van der Waals surface area contributed by atoms with Gasteiger partial charge in [0.2, 0.25) is 0 Å². The van der Waals surface area contributed by atoms with Gasteiger partial charge in [0.05, 0.1) is 6.04 Å². The molecule has 6 heteroatoms. The van der Waals surface area contributed by atoms with E-state index in [1.54, 1.807) is 12.1 Å². The second-order valence-electron chi connectivity index (χ2n) is 5.04. The molecule has 1 aliphatic rings. The third kappa shape index (κ3) is 4.31. The number of carbonyl (C=O) groups is 2. The van der Waals surface area contributed by atoms with Crippen molar-refractivity contribution in [2.45, 2.75) is 25.4 Å². The van der Waals surface area contributed by atoms with Gasteiger partial charge in [0.1, 0.15) is 12.4 Å². The summed E-state index contributed by atoms with van der Waals surface area (Å²) in [6, 6.07) is 6.26. The van der Waals surface area contributed by atoms with Gasteiger partial charge in [0.15, 0.2) is 6.54 Å². The Kier molecular flexibility index (Phi) is 4.68. The normalized spacial score (nSPS) is 15.5. The number of benzene rings is 1. The largest absolute Gasteiger partial charge is 0.341 e. The van der Waals surface area contributed by atoms with Gasteiger partial charge in [-0.2, -0.15) is 0 Å². The van der Waals surface area contributed by atoms with E-state index in [0.717, 1.165) is 23.3 Å². The Morgan fingerprint density at radius 1 is 1.30 bits per heavy atom. The van der Waals surface area contributed by atoms with Gasteiger partial charge < -0.3 is 10.2 Å². The Labute approximate surface area is 117 Å². The van der Waals surface area contributed by atoms with Crippen LogP contribution in [0.25, 0.3) is 0 Å². The van der Waals surface area contributed by atoms with Crippen LogP contribution in [0.1, 0.15) is 18.4 Å². The van der Waals surface area contributed by atoms with E-state index in [1.165, 1.54) is 19.2 Å². The molecule has 1 fully saturated rings. The van der Waals surface area contributed by atoms with Crippen molar-refractivity contribution in [2.75, 3.05) is 13.6 Å². The van der Waals surface area contributed by atoms with Crippen LogP contribution in [0.5, 0.6) is 0 Å². The third-order valence-corrected chi connectivity index (χ3v) is 3.37. The molecule has 0 aromatic heterocycles. The monoisotopic (exact) mass is 280 g/mol. The summed E-state index contributed by atoms with van der Waals surface area (Å²) < 4.78 is 12.9. The van der Waals surface area contributed by atoms with E-state index in [9.17, 15) is 14.0 Å². The van der Waals surface area contributed by atoms with Crippen molar-refractivity contribution in [1.82, 2.24) is 10.6 Å². The zero-order valence-electron chi connectivity index (χ0n) is 11.4. The van der Waals surface area contributed by atoms with Crippen LogP contribution in [-0.2, 0) is 11.3 Å². The maximum Gasteiger partial charge on any atom is 0.321 e. The standard InChI is InChI=1S/C14H18FN3O2/c1-16-14(20)17-13(19)9-18(12-6-7-12)8-10-2-4-11(15)5-3-10/h2-5,12H,6-9H2,1H3,(H2,16,17,19,20)/p+1. The first kappa shape index (κ1) is 14.5. The molecule has 1 unspecified atom stereocenters. The number of hydrogen-bond acceptors (Lipinski definition) is 2. The molecule has 0 heterocycles. The van der Waals surface area contributed by atoms with Gasteiger partial charge in [-0.25, -0.2) is 9.18 Å². The molecule has 20 heavy (non-hydrogen) atoms. The van der Waals surface area contributed by atoms with E-state index in [0.29, 0.717) is 12.6 Å². The van der Waals surface area contributed by atoms with E-state index in [4.69, 9.17) is 0 Å². The molecule has 0 bridgehead atoms. The lowest BCUT2D eigenvalue weighted by molar-refractivity contribution is -0.917. The minimum Gasteiger partial charge on any atom is -0.341 e. The predicted molar refractivity (Wildman–Crippen MR) is 71.6 cm³/mol. The highest BCUT2D eigenvalue weighted by atomic mass is 19.1. The zero-order valence-corrected chi connectivity index (χ0v) is 11.4. The molecule has 1 aromatic carbocycles. The lowest BCUT2D eigenvalue weighted by atomic mass is 10.2. The lowest BCUT2D eigenvalue weighted by Gasteiger charge is -2.18. The number of rotatable bonds is 5. The fourth-order valence-electron chi connectivity index (χ4n) is 2.15. The van der Waals surface area contributed by atoms with Gasteiger partial charge in [-0.1, -0.05) is 12.1 Å². The van der Waals surface area contributed by atoms with E-state index >= 15 is 0 Å². The highest BCUT2D eigenvalue weighted by molar-refractivity contribution is 5.94. The molecule has 5 nitrogen and oxygen atoms in total. The maximum atomic E-state index is 12.9. The summed E-state index contributed by atoms with van der Waals surface area (Å²) in [4.78, 5) is 23.9. The Balaban J connectivity index is 1.92. The first-order valence-electron chi connectivity index (χ1n) is 6.69. The number of halogens is 1. The highest BCUT2D eigenvalue weighted by Crippen LogP contribution is 2.15. The van der Waals surface area contributed by atoms with E-state index in [-0.39, 0.29) is 18.3 Å². The van der Waals surface area contributed by atoms with E-state index in [2.05, 4.69) is 10.6 Å². The number of carbonyl (C=O) groups excluding carboxylic acids is 2. The molecule has 1 aromatic rings. The minimum absolute atomic E-state index is 0.245. The number of urea groups is 1. The molecule has 0 radical (unpaired) electrons. The first-order valence-corrected chi connectivity index (χ1v) is 6.69. The molecule has 0 saturated heterocycles. The van der Waals surface area contributed by atoms with Gasteiger partial charge >= 0.3 is 6.03 Å². The zero-order chi connectivity index (χ0) is 14.5. The van der Waals surface area contributed by atoms with Crippen LogP contribution in [-0.4, -0.2) is 31.6 Å². The molecular weight excluding hydrogens is 261 g/mol. The van der Waals surface area contributed by atoms with Crippen molar-refractivity contribution in [1.29, 1.82) is 0 Å². The summed E-state index contributed by atoms with van der Waals surface area (Å²) in [7, 11) is 1.46. The summed E-state index contributed by atoms with van der Waals surface area (Å²) in [6.07, 6.45) is 2.17. The summed E-state index contributed by atoms with van der Waals surface area (Å²) in [5.74, 6) is -0.563. The molecular formula is C14H19FN3O2+. The number of imide groups is 1. The Hall–Kier alpha value is -1.95. The van der Waals surface area contributed by atoms with Gasteiger partial charge in [0.25, 0.3) is 5.91 Å². The van der Waals surface area contributed by atoms with Crippen LogP contribution < -0.4 is 15.5 Å². The average Bonchev–Trinajstić information content (AvgIpc) is 3.24. The number of amides is 3. The minimum atomic E-state index is -0.494. The maximum absolute atomic E-state index is 12.9. The Bertz CT molecular complexity index is 486. The number of hydrogen-bond donors (Lipinski definition) is 3. The average molecular weight is 280 g/mol. The van der Waals surface area contributed by atoms with Crippen LogP contribution in [0.2, 0.25) is 0 Å². The molecule has 3 amide bonds. The van der Waals surface area contributed by atoms with Crippen LogP contribution in [0.4, 0.5) is 9.18 Å².